The topological polar surface area (TPSA) is 59.8 Å². The maximum atomic E-state index is 12.6. The normalized spacial score (nSPS) is 10.4. The highest BCUT2D eigenvalue weighted by Gasteiger charge is 2.21. The van der Waals surface area contributed by atoms with Crippen LogP contribution in [-0.4, -0.2) is 25.8 Å². The van der Waals surface area contributed by atoms with Gasteiger partial charge in [-0.25, -0.2) is 0 Å². The average molecular weight is 370 g/mol. The van der Waals surface area contributed by atoms with E-state index in [1.54, 1.807) is 62.7 Å². The van der Waals surface area contributed by atoms with Gasteiger partial charge in [0.1, 0.15) is 5.75 Å². The van der Waals surface area contributed by atoms with E-state index < -0.39 is 0 Å². The van der Waals surface area contributed by atoms with E-state index in [9.17, 15) is 9.59 Å². The summed E-state index contributed by atoms with van der Waals surface area (Å²) in [6.07, 6.45) is 0. The zero-order valence-corrected chi connectivity index (χ0v) is 15.0. The van der Waals surface area contributed by atoms with Crippen LogP contribution in [0, 0.1) is 0 Å². The largest absolute Gasteiger partial charge is 0.497 e. The van der Waals surface area contributed by atoms with Gasteiger partial charge < -0.3 is 14.1 Å². The smallest absolute Gasteiger partial charge is 0.293 e. The Kier molecular flexibility index (Phi) is 5.09. The lowest BCUT2D eigenvalue weighted by atomic mass is 10.1. The lowest BCUT2D eigenvalue weighted by Crippen LogP contribution is -2.25. The quantitative estimate of drug-likeness (QED) is 0.623. The highest BCUT2D eigenvalue weighted by atomic mass is 35.5. The van der Waals surface area contributed by atoms with Crippen molar-refractivity contribution >= 4 is 29.0 Å². The van der Waals surface area contributed by atoms with E-state index in [1.807, 2.05) is 0 Å². The summed E-state index contributed by atoms with van der Waals surface area (Å²) >= 11 is 5.83. The van der Waals surface area contributed by atoms with Crippen LogP contribution < -0.4 is 9.64 Å². The minimum absolute atomic E-state index is 0.0765. The molecule has 0 atom stereocenters. The minimum atomic E-state index is -0.367. The summed E-state index contributed by atoms with van der Waals surface area (Å²) in [4.78, 5) is 26.5. The molecule has 3 rings (SSSR count). The number of rotatable bonds is 5. The van der Waals surface area contributed by atoms with Crippen molar-refractivity contribution in [1.29, 1.82) is 0 Å². The highest BCUT2D eigenvalue weighted by Crippen LogP contribution is 2.23. The first kappa shape index (κ1) is 17.8. The minimum Gasteiger partial charge on any atom is -0.497 e. The third-order valence-corrected chi connectivity index (χ3v) is 4.14. The van der Waals surface area contributed by atoms with Crippen LogP contribution in [0.15, 0.2) is 65.1 Å². The molecule has 0 N–H and O–H groups in total. The number of carbonyl (C=O) groups is 2. The number of amides is 1. The third kappa shape index (κ3) is 3.63. The van der Waals surface area contributed by atoms with Crippen LogP contribution in [0.4, 0.5) is 5.69 Å². The summed E-state index contributed by atoms with van der Waals surface area (Å²) in [5.74, 6) is 0.126. The molecular formula is C20H16ClNO4. The van der Waals surface area contributed by atoms with Crippen molar-refractivity contribution in [2.45, 2.75) is 0 Å². The Balaban J connectivity index is 1.81. The Morgan fingerprint density at radius 1 is 1.00 bits per heavy atom. The van der Waals surface area contributed by atoms with Crippen LogP contribution in [0.3, 0.4) is 0 Å². The fourth-order valence-corrected chi connectivity index (χ4v) is 2.55. The Hall–Kier alpha value is -3.05. The lowest BCUT2D eigenvalue weighted by Gasteiger charge is -2.16. The molecule has 132 valence electrons. The second-order valence-corrected chi connectivity index (χ2v) is 6.00. The molecule has 5 nitrogen and oxygen atoms in total. The number of nitrogens with zero attached hydrogens (tertiary/aromatic N) is 1. The first-order valence-corrected chi connectivity index (χ1v) is 8.19. The first-order chi connectivity index (χ1) is 12.5. The van der Waals surface area contributed by atoms with E-state index in [-0.39, 0.29) is 23.2 Å². The van der Waals surface area contributed by atoms with Gasteiger partial charge in [-0.1, -0.05) is 17.7 Å². The predicted octanol–water partition coefficient (Wildman–Crippen LogP) is 4.45. The number of ketones is 1. The van der Waals surface area contributed by atoms with Crippen molar-refractivity contribution in [2.24, 2.45) is 0 Å². The van der Waals surface area contributed by atoms with E-state index in [0.29, 0.717) is 22.0 Å². The maximum absolute atomic E-state index is 12.6. The Labute approximate surface area is 155 Å². The Bertz CT molecular complexity index is 946. The number of anilines is 1. The number of furan rings is 1. The van der Waals surface area contributed by atoms with Gasteiger partial charge in [0.05, 0.1) is 7.11 Å². The average Bonchev–Trinajstić information content (AvgIpc) is 3.17. The molecule has 0 saturated heterocycles. The molecule has 1 aromatic heterocycles. The van der Waals surface area contributed by atoms with Crippen LogP contribution in [-0.2, 0) is 0 Å². The predicted molar refractivity (Wildman–Crippen MR) is 99.3 cm³/mol. The van der Waals surface area contributed by atoms with Crippen LogP contribution >= 0.6 is 11.6 Å². The van der Waals surface area contributed by atoms with Crippen LogP contribution in [0.5, 0.6) is 5.75 Å². The van der Waals surface area contributed by atoms with Gasteiger partial charge in [-0.15, -0.1) is 0 Å². The molecule has 6 heteroatoms. The van der Waals surface area contributed by atoms with E-state index >= 15 is 0 Å². The van der Waals surface area contributed by atoms with Gasteiger partial charge in [-0.3, -0.25) is 9.59 Å². The summed E-state index contributed by atoms with van der Waals surface area (Å²) in [5.41, 5.74) is 1.08. The number of hydrogen-bond donors (Lipinski definition) is 0. The fraction of sp³-hybridized carbons (Fsp3) is 0.100. The number of halogens is 1. The molecule has 0 aliphatic carbocycles. The summed E-state index contributed by atoms with van der Waals surface area (Å²) < 4.78 is 10.7. The summed E-state index contributed by atoms with van der Waals surface area (Å²) in [6, 6.07) is 16.5. The first-order valence-electron chi connectivity index (χ1n) is 7.82. The SMILES string of the molecule is COc1cccc(N(C)C(=O)c2ccc(C(=O)c3ccc(Cl)cc3)o2)c1. The maximum Gasteiger partial charge on any atom is 0.293 e. The van der Waals surface area contributed by atoms with Gasteiger partial charge in [0.2, 0.25) is 5.78 Å². The standard InChI is InChI=1S/C20H16ClNO4/c1-22(15-4-3-5-16(12-15)25-2)20(24)18-11-10-17(26-18)19(23)13-6-8-14(21)9-7-13/h3-12H,1-2H3. The van der Waals surface area contributed by atoms with E-state index in [2.05, 4.69) is 0 Å². The van der Waals surface area contributed by atoms with Crippen molar-refractivity contribution in [3.05, 3.63) is 82.8 Å². The molecule has 0 aliphatic rings. The second kappa shape index (κ2) is 7.45. The number of carbonyl (C=O) groups excluding carboxylic acids is 2. The molecule has 0 unspecified atom stereocenters. The molecule has 0 aliphatic heterocycles. The van der Waals surface area contributed by atoms with Crippen LogP contribution in [0.2, 0.25) is 5.02 Å². The van der Waals surface area contributed by atoms with E-state index in [1.165, 1.54) is 17.0 Å². The Morgan fingerprint density at radius 3 is 2.38 bits per heavy atom. The van der Waals surface area contributed by atoms with Crippen molar-refractivity contribution in [3.8, 4) is 5.75 Å². The molecule has 1 heterocycles. The molecule has 0 spiro atoms. The fourth-order valence-electron chi connectivity index (χ4n) is 2.42. The molecule has 1 amide bonds. The van der Waals surface area contributed by atoms with Gasteiger partial charge in [0.15, 0.2) is 11.5 Å². The van der Waals surface area contributed by atoms with Crippen LogP contribution in [0.1, 0.15) is 26.7 Å². The van der Waals surface area contributed by atoms with Gasteiger partial charge in [0.25, 0.3) is 5.91 Å². The monoisotopic (exact) mass is 369 g/mol. The van der Waals surface area contributed by atoms with Crippen molar-refractivity contribution < 1.29 is 18.7 Å². The zero-order chi connectivity index (χ0) is 18.7. The van der Waals surface area contributed by atoms with Gasteiger partial charge in [-0.05, 0) is 48.5 Å². The van der Waals surface area contributed by atoms with Crippen molar-refractivity contribution in [1.82, 2.24) is 0 Å². The molecule has 26 heavy (non-hydrogen) atoms. The zero-order valence-electron chi connectivity index (χ0n) is 14.2. The molecule has 3 aromatic rings. The van der Waals surface area contributed by atoms with E-state index in [4.69, 9.17) is 20.8 Å². The highest BCUT2D eigenvalue weighted by molar-refractivity contribution is 6.30. The molecular weight excluding hydrogens is 354 g/mol. The van der Waals surface area contributed by atoms with Gasteiger partial charge in [0, 0.05) is 29.4 Å². The van der Waals surface area contributed by atoms with E-state index in [0.717, 1.165) is 0 Å². The number of methoxy groups -OCH3 is 1. The Morgan fingerprint density at radius 2 is 1.69 bits per heavy atom. The number of hydrogen-bond acceptors (Lipinski definition) is 4. The molecule has 0 bridgehead atoms. The van der Waals surface area contributed by atoms with Gasteiger partial charge >= 0.3 is 0 Å². The molecule has 0 saturated carbocycles. The molecule has 2 aromatic carbocycles. The number of benzene rings is 2. The summed E-state index contributed by atoms with van der Waals surface area (Å²) in [7, 11) is 3.18. The summed E-state index contributed by atoms with van der Waals surface area (Å²) in [5, 5.41) is 0.539. The summed E-state index contributed by atoms with van der Waals surface area (Å²) in [6.45, 7) is 0. The van der Waals surface area contributed by atoms with Crippen molar-refractivity contribution in [2.75, 3.05) is 19.1 Å². The molecule has 0 radical (unpaired) electrons. The number of ether oxygens (including phenoxy) is 1. The third-order valence-electron chi connectivity index (χ3n) is 3.89. The van der Waals surface area contributed by atoms with Crippen molar-refractivity contribution in [3.63, 3.8) is 0 Å². The van der Waals surface area contributed by atoms with Crippen LogP contribution in [0.25, 0.3) is 0 Å². The second-order valence-electron chi connectivity index (χ2n) is 5.57. The lowest BCUT2D eigenvalue weighted by molar-refractivity contribution is 0.0956. The van der Waals surface area contributed by atoms with Gasteiger partial charge in [-0.2, -0.15) is 0 Å². The molecule has 0 fully saturated rings.